The topological polar surface area (TPSA) is 168 Å². The summed E-state index contributed by atoms with van der Waals surface area (Å²) in [6.07, 6.45) is 16.9. The number of carboxylic acids is 1. The van der Waals surface area contributed by atoms with Crippen molar-refractivity contribution < 1.29 is 45.3 Å². The number of unbranched alkanes of at least 4 members (excludes halogenated alkanes) is 13. The monoisotopic (exact) mass is 510 g/mol. The number of carboxylic acid groups (broad SMARTS) is 1. The number of carbonyl (C=O) groups is 1. The van der Waals surface area contributed by atoms with Gasteiger partial charge in [0.25, 0.3) is 0 Å². The molecule has 35 heavy (non-hydrogen) atoms. The number of rotatable bonds is 24. The van der Waals surface area contributed by atoms with Gasteiger partial charge < -0.3 is 40.5 Å². The molecule has 0 aliphatic rings. The lowest BCUT2D eigenvalue weighted by Crippen LogP contribution is -2.42. The molecule has 2 unspecified atom stereocenters. The van der Waals surface area contributed by atoms with Crippen molar-refractivity contribution in [3.05, 3.63) is 0 Å². The Bertz CT molecular complexity index is 436. The summed E-state index contributed by atoms with van der Waals surface area (Å²) in [4.78, 5) is 9.12. The number of aliphatic hydroxyl groups excluding tert-OH is 6. The number of hydrogen-bond acceptors (Lipinski definition) is 8. The number of aliphatic hydroxyl groups is 6. The van der Waals surface area contributed by atoms with Crippen molar-refractivity contribution in [3.8, 4) is 0 Å². The van der Waals surface area contributed by atoms with E-state index in [1.807, 2.05) is 0 Å². The maximum absolute atomic E-state index is 9.97. The van der Waals surface area contributed by atoms with Crippen LogP contribution in [0.5, 0.6) is 0 Å². The van der Waals surface area contributed by atoms with Gasteiger partial charge in [0, 0.05) is 0 Å². The summed E-state index contributed by atoms with van der Waals surface area (Å²) < 4.78 is 5.66. The Labute approximate surface area is 212 Å². The van der Waals surface area contributed by atoms with Crippen molar-refractivity contribution in [1.29, 1.82) is 0 Å². The Balaban J connectivity index is 0. The first-order valence-electron chi connectivity index (χ1n) is 13.4. The first-order chi connectivity index (χ1) is 16.9. The second kappa shape index (κ2) is 26.3. The van der Waals surface area contributed by atoms with Crippen molar-refractivity contribution in [1.82, 2.24) is 0 Å². The highest BCUT2D eigenvalue weighted by Gasteiger charge is 2.31. The predicted octanol–water partition coefficient (Wildman–Crippen LogP) is 2.62. The summed E-state index contributed by atoms with van der Waals surface area (Å²) in [7, 11) is 0. The molecule has 9 heteroatoms. The van der Waals surface area contributed by atoms with Crippen molar-refractivity contribution in [2.45, 2.75) is 115 Å². The molecular formula is C26H54O9. The smallest absolute Gasteiger partial charge is 0.329 e. The van der Waals surface area contributed by atoms with E-state index in [1.165, 1.54) is 70.6 Å². The molecule has 9 nitrogen and oxygen atoms in total. The molecule has 0 aliphatic heterocycles. The number of ether oxygens (including phenoxy) is 1. The van der Waals surface area contributed by atoms with Gasteiger partial charge in [-0.3, -0.25) is 0 Å². The minimum absolute atomic E-state index is 0.0587. The molecule has 0 bridgehead atoms. The van der Waals surface area contributed by atoms with E-state index in [9.17, 15) is 25.5 Å². The molecule has 0 aliphatic carbocycles. The molecule has 0 aromatic heterocycles. The van der Waals surface area contributed by atoms with Crippen LogP contribution in [0.25, 0.3) is 0 Å². The second-order valence-corrected chi connectivity index (χ2v) is 9.51. The van der Waals surface area contributed by atoms with Crippen molar-refractivity contribution >= 4 is 5.97 Å². The Morgan fingerprint density at radius 1 is 0.714 bits per heavy atom. The normalized spacial score (nSPS) is 13.2. The third-order valence-corrected chi connectivity index (χ3v) is 6.20. The lowest BCUT2D eigenvalue weighted by molar-refractivity contribution is -0.140. The fourth-order valence-electron chi connectivity index (χ4n) is 3.62. The minimum Gasteiger partial charge on any atom is -0.480 e. The SMILES string of the molecule is CCCCCCCCCCCCCCCCC(OCC(CO)(CO)CO)C(O)CO.O=C(O)CO. The van der Waals surface area contributed by atoms with Gasteiger partial charge in [0.05, 0.1) is 44.6 Å². The number of aliphatic carboxylic acids is 1. The van der Waals surface area contributed by atoms with E-state index in [4.69, 9.17) is 19.7 Å². The highest BCUT2D eigenvalue weighted by atomic mass is 16.5. The molecule has 7 N–H and O–H groups in total. The van der Waals surface area contributed by atoms with E-state index < -0.39 is 56.6 Å². The van der Waals surface area contributed by atoms with E-state index in [1.54, 1.807) is 0 Å². The Morgan fingerprint density at radius 3 is 1.40 bits per heavy atom. The van der Waals surface area contributed by atoms with E-state index in [0.717, 1.165) is 19.3 Å². The summed E-state index contributed by atoms with van der Waals surface area (Å²) in [5, 5.41) is 62.4. The lowest BCUT2D eigenvalue weighted by Gasteiger charge is -2.31. The first-order valence-corrected chi connectivity index (χ1v) is 13.4. The van der Waals surface area contributed by atoms with Gasteiger partial charge >= 0.3 is 5.97 Å². The van der Waals surface area contributed by atoms with Crippen LogP contribution in [-0.2, 0) is 9.53 Å². The molecule has 0 fully saturated rings. The largest absolute Gasteiger partial charge is 0.480 e. The standard InChI is InChI=1S/C24H50O6.C2H4O3/c1-2-3-4-5-6-7-8-9-10-11-12-13-14-15-16-23(22(29)17-25)30-21-24(18-26,19-27)20-28;3-1-2(4)5/h22-23,25-29H,2-21H2,1H3;3H,1H2,(H,4,5). The van der Waals surface area contributed by atoms with Crippen molar-refractivity contribution in [2.24, 2.45) is 5.41 Å². The third kappa shape index (κ3) is 22.1. The predicted molar refractivity (Wildman–Crippen MR) is 136 cm³/mol. The van der Waals surface area contributed by atoms with Gasteiger partial charge in [0.1, 0.15) is 12.7 Å². The average molecular weight is 511 g/mol. The summed E-state index contributed by atoms with van der Waals surface area (Å²) in [5.41, 5.74) is -1.12. The fourth-order valence-corrected chi connectivity index (χ4v) is 3.62. The first kappa shape index (κ1) is 36.3. The average Bonchev–Trinajstić information content (AvgIpc) is 2.88. The lowest BCUT2D eigenvalue weighted by atomic mass is 9.92. The van der Waals surface area contributed by atoms with Crippen LogP contribution in [-0.4, -0.2) is 93.6 Å². The fraction of sp³-hybridized carbons (Fsp3) is 0.962. The van der Waals surface area contributed by atoms with Crippen LogP contribution in [0, 0.1) is 5.41 Å². The minimum atomic E-state index is -1.19. The van der Waals surface area contributed by atoms with Gasteiger partial charge in [-0.05, 0) is 6.42 Å². The zero-order valence-electron chi connectivity index (χ0n) is 22.0. The highest BCUT2D eigenvalue weighted by molar-refractivity contribution is 5.67. The van der Waals surface area contributed by atoms with Crippen molar-refractivity contribution in [3.63, 3.8) is 0 Å². The molecule has 0 saturated heterocycles. The van der Waals surface area contributed by atoms with Crippen LogP contribution in [0.15, 0.2) is 0 Å². The van der Waals surface area contributed by atoms with Crippen LogP contribution in [0.3, 0.4) is 0 Å². The van der Waals surface area contributed by atoms with Gasteiger partial charge in [0.2, 0.25) is 0 Å². The van der Waals surface area contributed by atoms with Crippen LogP contribution in [0.1, 0.15) is 103 Å². The quantitative estimate of drug-likeness (QED) is 0.0965. The van der Waals surface area contributed by atoms with Crippen LogP contribution >= 0.6 is 0 Å². The molecule has 0 radical (unpaired) electrons. The van der Waals surface area contributed by atoms with Gasteiger partial charge in [-0.25, -0.2) is 4.79 Å². The third-order valence-electron chi connectivity index (χ3n) is 6.20. The summed E-state index contributed by atoms with van der Waals surface area (Å²) in [6.45, 7) is -0.184. The van der Waals surface area contributed by atoms with Gasteiger partial charge in [-0.15, -0.1) is 0 Å². The zero-order chi connectivity index (χ0) is 26.8. The maximum Gasteiger partial charge on any atom is 0.329 e. The molecule has 0 spiro atoms. The molecule has 0 amide bonds. The molecular weight excluding hydrogens is 456 g/mol. The Hall–Kier alpha value is -0.810. The summed E-state index contributed by atoms with van der Waals surface area (Å²) >= 11 is 0. The van der Waals surface area contributed by atoms with Crippen LogP contribution in [0.4, 0.5) is 0 Å². The van der Waals surface area contributed by atoms with Gasteiger partial charge in [-0.2, -0.15) is 0 Å². The summed E-state index contributed by atoms with van der Waals surface area (Å²) in [5.74, 6) is -1.19. The molecule has 0 heterocycles. The second-order valence-electron chi connectivity index (χ2n) is 9.51. The molecule has 0 aromatic carbocycles. The van der Waals surface area contributed by atoms with Crippen molar-refractivity contribution in [2.75, 3.05) is 39.6 Å². The van der Waals surface area contributed by atoms with E-state index in [2.05, 4.69) is 6.92 Å². The molecule has 2 atom stereocenters. The Kier molecular flexibility index (Phi) is 27.3. The van der Waals surface area contributed by atoms with E-state index in [0.29, 0.717) is 6.42 Å². The van der Waals surface area contributed by atoms with Gasteiger partial charge in [-0.1, -0.05) is 96.8 Å². The summed E-state index contributed by atoms with van der Waals surface area (Å²) in [6, 6.07) is 0. The molecule has 0 saturated carbocycles. The van der Waals surface area contributed by atoms with Crippen LogP contribution < -0.4 is 0 Å². The van der Waals surface area contributed by atoms with E-state index in [-0.39, 0.29) is 6.61 Å². The van der Waals surface area contributed by atoms with Crippen LogP contribution in [0.2, 0.25) is 0 Å². The maximum atomic E-state index is 9.97. The molecule has 0 aromatic rings. The van der Waals surface area contributed by atoms with E-state index >= 15 is 0 Å². The van der Waals surface area contributed by atoms with Gasteiger partial charge in [0.15, 0.2) is 0 Å². The molecule has 212 valence electrons. The number of hydrogen-bond donors (Lipinski definition) is 7. The zero-order valence-corrected chi connectivity index (χ0v) is 22.0. The molecule has 0 rings (SSSR count). The highest BCUT2D eigenvalue weighted by Crippen LogP contribution is 2.20. The Morgan fingerprint density at radius 2 is 1.09 bits per heavy atom.